The third-order valence-electron chi connectivity index (χ3n) is 9.79. The van der Waals surface area contributed by atoms with E-state index in [1.807, 2.05) is 29.5 Å². The Labute approximate surface area is 242 Å². The fourth-order valence-electron chi connectivity index (χ4n) is 8.01. The summed E-state index contributed by atoms with van der Waals surface area (Å²) in [6, 6.07) is 18.9. The summed E-state index contributed by atoms with van der Waals surface area (Å²) in [7, 11) is 1.89. The Hall–Kier alpha value is -2.45. The molecule has 7 rings (SSSR count). The Morgan fingerprint density at radius 2 is 2.08 bits per heavy atom. The largest absolute Gasteiger partial charge is 0.487 e. The first-order chi connectivity index (χ1) is 18.9. The van der Waals surface area contributed by atoms with Crippen LogP contribution in [0.2, 0.25) is 0 Å². The van der Waals surface area contributed by atoms with Crippen molar-refractivity contribution in [2.75, 3.05) is 20.1 Å². The summed E-state index contributed by atoms with van der Waals surface area (Å²) >= 11 is 5.09. The molecular formula is C32H33BrN2O3S. The van der Waals surface area contributed by atoms with E-state index in [0.717, 1.165) is 53.9 Å². The number of likely N-dealkylation sites (tertiary alicyclic amines) is 1. The number of piperidine rings is 1. The fourth-order valence-corrected chi connectivity index (χ4v) is 9.34. The van der Waals surface area contributed by atoms with Crippen LogP contribution in [0.1, 0.15) is 40.8 Å². The van der Waals surface area contributed by atoms with Crippen molar-refractivity contribution in [3.8, 4) is 5.75 Å². The van der Waals surface area contributed by atoms with E-state index in [4.69, 9.17) is 4.74 Å². The number of nitrogens with zero attached hydrogens (tertiary/aromatic N) is 2. The van der Waals surface area contributed by atoms with Crippen LogP contribution in [0.5, 0.6) is 5.75 Å². The standard InChI is InChI=1S/C32H33BrN2O3S/c1-34(28(36)11-10-24-19-23(33)20-39-24)25-12-14-32(37)27-18-22-8-5-9-26-29(22)31(32,30(25)38-26)15-17-35(27)16-13-21-6-3-2-4-7-21/h2-11,19-20,25,27,30,37H,12-18H2,1H3/b11-10+/t25-,27+,30-,31-,32+/m0/s1. The molecule has 2 bridgehead atoms. The van der Waals surface area contributed by atoms with Gasteiger partial charge >= 0.3 is 0 Å². The Bertz CT molecular complexity index is 1440. The molecule has 39 heavy (non-hydrogen) atoms. The minimum atomic E-state index is -0.883. The molecule has 3 heterocycles. The maximum Gasteiger partial charge on any atom is 0.246 e. The second-order valence-electron chi connectivity index (χ2n) is 11.5. The van der Waals surface area contributed by atoms with E-state index >= 15 is 0 Å². The molecule has 2 aliphatic heterocycles. The minimum absolute atomic E-state index is 0.0289. The van der Waals surface area contributed by atoms with E-state index in [1.165, 1.54) is 16.7 Å². The van der Waals surface area contributed by atoms with Crippen molar-refractivity contribution in [2.24, 2.45) is 0 Å². The summed E-state index contributed by atoms with van der Waals surface area (Å²) in [6.07, 6.45) is 7.32. The van der Waals surface area contributed by atoms with Crippen molar-refractivity contribution in [2.45, 2.75) is 61.3 Å². The number of rotatable bonds is 6. The number of amides is 1. The van der Waals surface area contributed by atoms with Crippen LogP contribution in [0.15, 0.2) is 70.5 Å². The third kappa shape index (κ3) is 3.88. The molecule has 202 valence electrons. The topological polar surface area (TPSA) is 53.0 Å². The van der Waals surface area contributed by atoms with Gasteiger partial charge in [-0.15, -0.1) is 11.3 Å². The van der Waals surface area contributed by atoms with Crippen LogP contribution in [0.4, 0.5) is 0 Å². The highest BCUT2D eigenvalue weighted by atomic mass is 79.9. The normalized spacial score (nSPS) is 30.7. The molecule has 1 aromatic heterocycles. The third-order valence-corrected chi connectivity index (χ3v) is 11.5. The highest BCUT2D eigenvalue weighted by Gasteiger charge is 2.72. The van der Waals surface area contributed by atoms with Crippen LogP contribution in [0.3, 0.4) is 0 Å². The number of hydrogen-bond acceptors (Lipinski definition) is 5. The van der Waals surface area contributed by atoms with E-state index < -0.39 is 11.0 Å². The number of thiophene rings is 1. The highest BCUT2D eigenvalue weighted by Crippen LogP contribution is 2.64. The molecule has 1 amide bonds. The van der Waals surface area contributed by atoms with Gasteiger partial charge in [0.25, 0.3) is 0 Å². The van der Waals surface area contributed by atoms with Crippen LogP contribution in [-0.2, 0) is 23.1 Å². The van der Waals surface area contributed by atoms with Gasteiger partial charge in [-0.3, -0.25) is 9.69 Å². The highest BCUT2D eigenvalue weighted by molar-refractivity contribution is 9.10. The molecule has 0 unspecified atom stereocenters. The average molecular weight is 606 g/mol. The fraction of sp³-hybridized carbons (Fsp3) is 0.406. The van der Waals surface area contributed by atoms with E-state index in [9.17, 15) is 9.90 Å². The van der Waals surface area contributed by atoms with Crippen molar-refractivity contribution in [1.82, 2.24) is 9.80 Å². The second kappa shape index (κ2) is 9.58. The monoisotopic (exact) mass is 604 g/mol. The molecule has 1 saturated heterocycles. The molecule has 0 radical (unpaired) electrons. The van der Waals surface area contributed by atoms with Crippen LogP contribution in [-0.4, -0.2) is 64.7 Å². The van der Waals surface area contributed by atoms with Gasteiger partial charge in [0, 0.05) is 46.0 Å². The first kappa shape index (κ1) is 25.5. The summed E-state index contributed by atoms with van der Waals surface area (Å²) < 4.78 is 7.78. The van der Waals surface area contributed by atoms with Gasteiger partial charge in [-0.25, -0.2) is 0 Å². The van der Waals surface area contributed by atoms with Crippen molar-refractivity contribution < 1.29 is 14.6 Å². The molecule has 5 atom stereocenters. The summed E-state index contributed by atoms with van der Waals surface area (Å²) in [5, 5.41) is 14.7. The average Bonchev–Trinajstić information content (AvgIpc) is 3.52. The predicted molar refractivity (Wildman–Crippen MR) is 158 cm³/mol. The Kier molecular flexibility index (Phi) is 6.27. The van der Waals surface area contributed by atoms with Gasteiger partial charge in [0.2, 0.25) is 5.91 Å². The molecule has 2 aromatic carbocycles. The van der Waals surface area contributed by atoms with E-state index in [0.29, 0.717) is 6.42 Å². The summed E-state index contributed by atoms with van der Waals surface area (Å²) in [6.45, 7) is 1.85. The molecule has 1 saturated carbocycles. The van der Waals surface area contributed by atoms with Crippen molar-refractivity contribution >= 4 is 39.2 Å². The number of carbonyl (C=O) groups excluding carboxylic acids is 1. The van der Waals surface area contributed by atoms with Crippen molar-refractivity contribution in [3.63, 3.8) is 0 Å². The van der Waals surface area contributed by atoms with E-state index in [1.54, 1.807) is 17.4 Å². The SMILES string of the molecule is CN(C(=O)/C=C/c1cc(Br)cs1)[C@H]1CC[C@@]2(O)[C@H]3Cc4cccc5c4[C@@]2(CCN3CCc2ccccc2)[C@H]1O5. The van der Waals surface area contributed by atoms with Gasteiger partial charge in [0.05, 0.1) is 17.1 Å². The van der Waals surface area contributed by atoms with Crippen molar-refractivity contribution in [1.29, 1.82) is 0 Å². The number of ether oxygens (including phenoxy) is 1. The number of benzene rings is 2. The van der Waals surface area contributed by atoms with Gasteiger partial charge in [-0.05, 0) is 83.9 Å². The molecule has 1 spiro atoms. The Balaban J connectivity index is 1.20. The zero-order valence-electron chi connectivity index (χ0n) is 22.1. The quantitative estimate of drug-likeness (QED) is 0.380. The van der Waals surface area contributed by atoms with Gasteiger partial charge < -0.3 is 14.7 Å². The lowest BCUT2D eigenvalue weighted by Gasteiger charge is -2.64. The molecule has 5 nitrogen and oxygen atoms in total. The van der Waals surface area contributed by atoms with E-state index in [2.05, 4.69) is 69.4 Å². The van der Waals surface area contributed by atoms with Gasteiger partial charge in [0.15, 0.2) is 0 Å². The smallest absolute Gasteiger partial charge is 0.246 e. The molecule has 4 aliphatic rings. The molecule has 7 heteroatoms. The molecule has 2 aliphatic carbocycles. The summed E-state index contributed by atoms with van der Waals surface area (Å²) in [5.74, 6) is 0.873. The lowest BCUT2D eigenvalue weighted by Crippen LogP contribution is -2.78. The molecular weight excluding hydrogens is 572 g/mol. The van der Waals surface area contributed by atoms with E-state index in [-0.39, 0.29) is 24.1 Å². The van der Waals surface area contributed by atoms with Crippen LogP contribution in [0.25, 0.3) is 6.08 Å². The van der Waals surface area contributed by atoms with Gasteiger partial charge in [0.1, 0.15) is 11.9 Å². The van der Waals surface area contributed by atoms with Crippen molar-refractivity contribution in [3.05, 3.63) is 92.1 Å². The molecule has 2 fully saturated rings. The molecule has 1 N–H and O–H groups in total. The zero-order valence-corrected chi connectivity index (χ0v) is 24.5. The number of halogens is 1. The number of carbonyl (C=O) groups is 1. The summed E-state index contributed by atoms with van der Waals surface area (Å²) in [4.78, 5) is 18.8. The number of aliphatic hydroxyl groups is 1. The maximum absolute atomic E-state index is 13.4. The molecule has 3 aromatic rings. The Morgan fingerprint density at radius 1 is 1.23 bits per heavy atom. The number of likely N-dealkylation sites (N-methyl/N-ethyl adjacent to an activating group) is 1. The first-order valence-corrected chi connectivity index (χ1v) is 15.6. The summed E-state index contributed by atoms with van der Waals surface area (Å²) in [5.41, 5.74) is 2.46. The van der Waals surface area contributed by atoms with Crippen LogP contribution >= 0.6 is 27.3 Å². The lowest BCUT2D eigenvalue weighted by atomic mass is 9.48. The van der Waals surface area contributed by atoms with Crippen LogP contribution in [0, 0.1) is 0 Å². The maximum atomic E-state index is 13.4. The predicted octanol–water partition coefficient (Wildman–Crippen LogP) is 5.45. The zero-order chi connectivity index (χ0) is 26.8. The Morgan fingerprint density at radius 3 is 2.87 bits per heavy atom. The van der Waals surface area contributed by atoms with Gasteiger partial charge in [-0.2, -0.15) is 0 Å². The second-order valence-corrected chi connectivity index (χ2v) is 13.4. The lowest BCUT2D eigenvalue weighted by molar-refractivity contribution is -0.199. The van der Waals surface area contributed by atoms with Gasteiger partial charge in [-0.1, -0.05) is 42.5 Å². The minimum Gasteiger partial charge on any atom is -0.487 e. The number of hydrogen-bond donors (Lipinski definition) is 1. The van der Waals surface area contributed by atoms with Crippen LogP contribution < -0.4 is 4.74 Å². The first-order valence-electron chi connectivity index (χ1n) is 13.9.